The van der Waals surface area contributed by atoms with E-state index in [1.54, 1.807) is 20.8 Å². The highest BCUT2D eigenvalue weighted by Gasteiger charge is 2.50. The number of aliphatic carboxylic acids is 1. The predicted molar refractivity (Wildman–Crippen MR) is 67.8 cm³/mol. The minimum absolute atomic E-state index is 0.122. The summed E-state index contributed by atoms with van der Waals surface area (Å²) >= 11 is 0. The number of hydrogen-bond acceptors (Lipinski definition) is 3. The molecule has 2 atom stereocenters. The van der Waals surface area contributed by atoms with Gasteiger partial charge < -0.3 is 14.7 Å². The summed E-state index contributed by atoms with van der Waals surface area (Å²) in [6.45, 7) is 5.00. The largest absolute Gasteiger partial charge is 0.481 e. The van der Waals surface area contributed by atoms with Crippen LogP contribution >= 0.6 is 0 Å². The Morgan fingerprint density at radius 1 is 1.33 bits per heavy atom. The molecule has 0 aromatic carbocycles. The van der Waals surface area contributed by atoms with E-state index in [2.05, 4.69) is 0 Å². The van der Waals surface area contributed by atoms with E-state index in [-0.39, 0.29) is 13.0 Å². The molecule has 1 rings (SSSR count). The van der Waals surface area contributed by atoms with Gasteiger partial charge >= 0.3 is 18.2 Å². The minimum Gasteiger partial charge on any atom is -0.481 e. The Hall–Kier alpha value is -1.47. The van der Waals surface area contributed by atoms with Gasteiger partial charge in [0.1, 0.15) is 5.60 Å². The van der Waals surface area contributed by atoms with Crippen LogP contribution in [0.15, 0.2) is 0 Å². The van der Waals surface area contributed by atoms with E-state index in [1.165, 1.54) is 0 Å². The number of alkyl halides is 3. The standard InChI is InChI=1S/C13H20F3NO4/c1-12(2,3)21-11(20)17-6-4-5-9(17)8(7-10(18)19)13(14,15)16/h8-9H,4-7H2,1-3H3,(H,18,19). The summed E-state index contributed by atoms with van der Waals surface area (Å²) in [7, 11) is 0. The molecule has 1 N–H and O–H groups in total. The molecule has 0 radical (unpaired) electrons. The molecule has 8 heteroatoms. The van der Waals surface area contributed by atoms with Crippen molar-refractivity contribution in [1.29, 1.82) is 0 Å². The number of carbonyl (C=O) groups is 2. The van der Waals surface area contributed by atoms with Crippen LogP contribution in [0.2, 0.25) is 0 Å². The molecule has 1 heterocycles. The van der Waals surface area contributed by atoms with Crippen LogP contribution in [0.5, 0.6) is 0 Å². The molecule has 1 amide bonds. The van der Waals surface area contributed by atoms with Gasteiger partial charge in [0.15, 0.2) is 0 Å². The van der Waals surface area contributed by atoms with Gasteiger partial charge in [0.05, 0.1) is 12.3 Å². The van der Waals surface area contributed by atoms with Gasteiger partial charge in [0.25, 0.3) is 0 Å². The maximum atomic E-state index is 13.1. The number of rotatable bonds is 3. The molecule has 0 spiro atoms. The molecule has 1 aliphatic rings. The molecule has 21 heavy (non-hydrogen) atoms. The molecular formula is C13H20F3NO4. The summed E-state index contributed by atoms with van der Waals surface area (Å²) in [5.74, 6) is -3.61. The van der Waals surface area contributed by atoms with Crippen molar-refractivity contribution < 1.29 is 32.6 Å². The zero-order chi connectivity index (χ0) is 16.4. The van der Waals surface area contributed by atoms with E-state index in [4.69, 9.17) is 9.84 Å². The number of halogens is 3. The SMILES string of the molecule is CC(C)(C)OC(=O)N1CCCC1C(CC(=O)O)C(F)(F)F. The molecule has 0 saturated carbocycles. The van der Waals surface area contributed by atoms with Crippen LogP contribution in [-0.4, -0.2) is 46.4 Å². The summed E-state index contributed by atoms with van der Waals surface area (Å²) in [4.78, 5) is 23.7. The lowest BCUT2D eigenvalue weighted by atomic mass is 9.93. The molecule has 0 aromatic heterocycles. The molecule has 5 nitrogen and oxygen atoms in total. The lowest BCUT2D eigenvalue weighted by molar-refractivity contribution is -0.194. The van der Waals surface area contributed by atoms with Gasteiger partial charge in [-0.3, -0.25) is 4.79 Å². The molecular weight excluding hydrogens is 291 g/mol. The second kappa shape index (κ2) is 6.11. The average Bonchev–Trinajstić information content (AvgIpc) is 2.69. The Bertz CT molecular complexity index is 403. The van der Waals surface area contributed by atoms with Gasteiger partial charge in [0.2, 0.25) is 0 Å². The van der Waals surface area contributed by atoms with E-state index in [9.17, 15) is 22.8 Å². The second-order valence-electron chi connectivity index (χ2n) is 6.13. The van der Waals surface area contributed by atoms with Gasteiger partial charge in [-0.25, -0.2) is 4.79 Å². The highest BCUT2D eigenvalue weighted by atomic mass is 19.4. The van der Waals surface area contributed by atoms with Crippen LogP contribution in [-0.2, 0) is 9.53 Å². The van der Waals surface area contributed by atoms with Crippen LogP contribution < -0.4 is 0 Å². The van der Waals surface area contributed by atoms with Crippen molar-refractivity contribution in [1.82, 2.24) is 4.90 Å². The monoisotopic (exact) mass is 311 g/mol. The molecule has 1 aliphatic heterocycles. The molecule has 0 bridgehead atoms. The number of amides is 1. The normalized spacial score (nSPS) is 21.2. The highest BCUT2D eigenvalue weighted by molar-refractivity contribution is 5.70. The molecule has 1 saturated heterocycles. The number of ether oxygens (including phenoxy) is 1. The third-order valence-electron chi connectivity index (χ3n) is 3.21. The minimum atomic E-state index is -4.67. The number of hydrogen-bond donors (Lipinski definition) is 1. The Morgan fingerprint density at radius 3 is 2.33 bits per heavy atom. The van der Waals surface area contributed by atoms with Crippen molar-refractivity contribution in [3.63, 3.8) is 0 Å². The summed E-state index contributed by atoms with van der Waals surface area (Å²) in [5.41, 5.74) is -0.815. The zero-order valence-corrected chi connectivity index (χ0v) is 12.2. The molecule has 0 aliphatic carbocycles. The summed E-state index contributed by atoms with van der Waals surface area (Å²) in [6, 6.07) is -1.18. The fourth-order valence-corrected chi connectivity index (χ4v) is 2.42. The Labute approximate surface area is 121 Å². The first-order chi connectivity index (χ1) is 9.42. The Balaban J connectivity index is 2.91. The van der Waals surface area contributed by atoms with Crippen molar-refractivity contribution in [3.05, 3.63) is 0 Å². The molecule has 2 unspecified atom stereocenters. The number of likely N-dealkylation sites (tertiary alicyclic amines) is 1. The fraction of sp³-hybridized carbons (Fsp3) is 0.846. The molecule has 1 fully saturated rings. The van der Waals surface area contributed by atoms with Crippen molar-refractivity contribution in [2.24, 2.45) is 5.92 Å². The third-order valence-corrected chi connectivity index (χ3v) is 3.21. The topological polar surface area (TPSA) is 66.8 Å². The van der Waals surface area contributed by atoms with Crippen molar-refractivity contribution in [2.75, 3.05) is 6.54 Å². The smallest absolute Gasteiger partial charge is 0.410 e. The maximum absolute atomic E-state index is 13.1. The lowest BCUT2D eigenvalue weighted by Gasteiger charge is -2.33. The van der Waals surface area contributed by atoms with Crippen molar-refractivity contribution in [3.8, 4) is 0 Å². The van der Waals surface area contributed by atoms with E-state index in [0.29, 0.717) is 6.42 Å². The van der Waals surface area contributed by atoms with Gasteiger partial charge in [-0.05, 0) is 33.6 Å². The van der Waals surface area contributed by atoms with Crippen LogP contribution in [0.1, 0.15) is 40.0 Å². The van der Waals surface area contributed by atoms with E-state index in [0.717, 1.165) is 4.90 Å². The second-order valence-corrected chi connectivity index (χ2v) is 6.13. The van der Waals surface area contributed by atoms with Gasteiger partial charge in [0, 0.05) is 12.6 Å². The van der Waals surface area contributed by atoms with E-state index < -0.39 is 42.2 Å². The fourth-order valence-electron chi connectivity index (χ4n) is 2.42. The van der Waals surface area contributed by atoms with Crippen LogP contribution in [0.25, 0.3) is 0 Å². The first-order valence-corrected chi connectivity index (χ1v) is 6.70. The quantitative estimate of drug-likeness (QED) is 0.870. The zero-order valence-electron chi connectivity index (χ0n) is 12.2. The Morgan fingerprint density at radius 2 is 1.90 bits per heavy atom. The summed E-state index contributed by atoms with van der Waals surface area (Å²) < 4.78 is 44.3. The number of nitrogens with zero attached hydrogens (tertiary/aromatic N) is 1. The first-order valence-electron chi connectivity index (χ1n) is 6.70. The lowest BCUT2D eigenvalue weighted by Crippen LogP contribution is -2.47. The van der Waals surface area contributed by atoms with Gasteiger partial charge in [-0.1, -0.05) is 0 Å². The van der Waals surface area contributed by atoms with Crippen LogP contribution in [0.3, 0.4) is 0 Å². The maximum Gasteiger partial charge on any atom is 0.410 e. The predicted octanol–water partition coefficient (Wildman–Crippen LogP) is 3.04. The number of carboxylic acids is 1. The summed E-state index contributed by atoms with van der Waals surface area (Å²) in [6.07, 6.45) is -6.03. The molecule has 122 valence electrons. The third kappa shape index (κ3) is 5.09. The highest BCUT2D eigenvalue weighted by Crippen LogP contribution is 2.38. The number of carboxylic acid groups (broad SMARTS) is 1. The first kappa shape index (κ1) is 17.6. The van der Waals surface area contributed by atoms with E-state index in [1.807, 2.05) is 0 Å². The van der Waals surface area contributed by atoms with Crippen LogP contribution in [0.4, 0.5) is 18.0 Å². The average molecular weight is 311 g/mol. The van der Waals surface area contributed by atoms with Gasteiger partial charge in [-0.15, -0.1) is 0 Å². The van der Waals surface area contributed by atoms with Crippen molar-refractivity contribution >= 4 is 12.1 Å². The Kier molecular flexibility index (Phi) is 5.11. The number of carbonyl (C=O) groups excluding carboxylic acids is 1. The van der Waals surface area contributed by atoms with Gasteiger partial charge in [-0.2, -0.15) is 13.2 Å². The molecule has 0 aromatic rings. The summed E-state index contributed by atoms with van der Waals surface area (Å²) in [5, 5.41) is 8.68. The van der Waals surface area contributed by atoms with Crippen molar-refractivity contribution in [2.45, 2.75) is 57.9 Å². The van der Waals surface area contributed by atoms with Crippen LogP contribution in [0, 0.1) is 5.92 Å². The van der Waals surface area contributed by atoms with E-state index >= 15 is 0 Å².